The zero-order chi connectivity index (χ0) is 13.8. The van der Waals surface area contributed by atoms with Crippen LogP contribution in [0.3, 0.4) is 0 Å². The fourth-order valence-electron chi connectivity index (χ4n) is 3.15. The molecule has 3 rings (SSSR count). The third kappa shape index (κ3) is 2.62. The summed E-state index contributed by atoms with van der Waals surface area (Å²) < 4.78 is 27.6. The second-order valence-electron chi connectivity index (χ2n) is 5.51. The predicted molar refractivity (Wildman–Crippen MR) is 84.3 cm³/mol. The molecule has 2 fully saturated rings. The Bertz CT molecular complexity index is 583. The Kier molecular flexibility index (Phi) is 4.74. The molecular formula is C12H18Cl2N2O2S2. The fraction of sp³-hybridized carbons (Fsp3) is 0.667. The lowest BCUT2D eigenvalue weighted by Crippen LogP contribution is -2.33. The second-order valence-corrected chi connectivity index (χ2v) is 9.33. The molecule has 2 aliphatic rings. The molecule has 2 heterocycles. The van der Waals surface area contributed by atoms with Crippen molar-refractivity contribution in [3.63, 3.8) is 0 Å². The van der Waals surface area contributed by atoms with Gasteiger partial charge in [-0.05, 0) is 43.2 Å². The summed E-state index contributed by atoms with van der Waals surface area (Å²) >= 11 is 7.12. The lowest BCUT2D eigenvalue weighted by atomic mass is 9.98. The summed E-state index contributed by atoms with van der Waals surface area (Å²) in [7, 11) is -3.39. The van der Waals surface area contributed by atoms with Crippen LogP contribution in [-0.2, 0) is 10.0 Å². The third-order valence-corrected chi connectivity index (χ3v) is 8.14. The van der Waals surface area contributed by atoms with Crippen LogP contribution in [0.15, 0.2) is 10.3 Å². The summed E-state index contributed by atoms with van der Waals surface area (Å²) in [5.74, 6) is 0.757. The monoisotopic (exact) mass is 356 g/mol. The van der Waals surface area contributed by atoms with Gasteiger partial charge in [0.05, 0.1) is 4.34 Å². The lowest BCUT2D eigenvalue weighted by Gasteiger charge is -2.17. The number of nitrogens with zero attached hydrogens (tertiary/aromatic N) is 1. The van der Waals surface area contributed by atoms with Crippen molar-refractivity contribution in [1.29, 1.82) is 0 Å². The Morgan fingerprint density at radius 3 is 2.65 bits per heavy atom. The molecule has 1 saturated heterocycles. The number of thiophene rings is 1. The largest absolute Gasteiger partial charge is 0.327 e. The molecule has 8 heteroatoms. The molecule has 3 unspecified atom stereocenters. The number of hydrogen-bond donors (Lipinski definition) is 1. The minimum absolute atomic E-state index is 0. The van der Waals surface area contributed by atoms with E-state index in [2.05, 4.69) is 0 Å². The fourth-order valence-corrected chi connectivity index (χ4v) is 6.55. The van der Waals surface area contributed by atoms with Crippen LogP contribution in [0.25, 0.3) is 0 Å². The van der Waals surface area contributed by atoms with Crippen LogP contribution in [0.4, 0.5) is 0 Å². The predicted octanol–water partition coefficient (Wildman–Crippen LogP) is 2.49. The Morgan fingerprint density at radius 2 is 2.10 bits per heavy atom. The topological polar surface area (TPSA) is 63.4 Å². The molecule has 0 spiro atoms. The summed E-state index contributed by atoms with van der Waals surface area (Å²) in [4.78, 5) is 0. The van der Waals surface area contributed by atoms with Gasteiger partial charge in [-0.25, -0.2) is 8.42 Å². The van der Waals surface area contributed by atoms with Crippen LogP contribution in [0, 0.1) is 18.8 Å². The van der Waals surface area contributed by atoms with E-state index < -0.39 is 10.0 Å². The Hall–Kier alpha value is 0.150. The van der Waals surface area contributed by atoms with Crippen LogP contribution in [0.2, 0.25) is 4.34 Å². The van der Waals surface area contributed by atoms with Crippen molar-refractivity contribution in [1.82, 2.24) is 4.31 Å². The van der Waals surface area contributed by atoms with Gasteiger partial charge in [0, 0.05) is 19.1 Å². The average molecular weight is 357 g/mol. The SMILES string of the molecule is Cc1cc(S(=O)(=O)N2CC3CCC(N)C3C2)sc1Cl.Cl. The molecule has 4 nitrogen and oxygen atoms in total. The summed E-state index contributed by atoms with van der Waals surface area (Å²) in [6.45, 7) is 2.99. The molecule has 1 aromatic heterocycles. The van der Waals surface area contributed by atoms with E-state index in [9.17, 15) is 8.42 Å². The van der Waals surface area contributed by atoms with E-state index >= 15 is 0 Å². The molecule has 2 N–H and O–H groups in total. The molecule has 0 bridgehead atoms. The van der Waals surface area contributed by atoms with Gasteiger partial charge < -0.3 is 5.73 Å². The number of rotatable bonds is 2. The minimum atomic E-state index is -3.39. The standard InChI is InChI=1S/C12H17ClN2O2S2.ClH/c1-7-4-11(18-12(7)13)19(16,17)15-5-8-2-3-10(14)9(8)6-15;/h4,8-10H,2-3,5-6,14H2,1H3;1H. The maximum absolute atomic E-state index is 12.6. The van der Waals surface area contributed by atoms with Crippen LogP contribution in [0.5, 0.6) is 0 Å². The van der Waals surface area contributed by atoms with Gasteiger partial charge in [-0.1, -0.05) is 11.6 Å². The highest BCUT2D eigenvalue weighted by molar-refractivity contribution is 7.91. The van der Waals surface area contributed by atoms with E-state index in [1.807, 2.05) is 6.92 Å². The number of fused-ring (bicyclic) bond motifs is 1. The van der Waals surface area contributed by atoms with Crippen molar-refractivity contribution >= 4 is 45.4 Å². The van der Waals surface area contributed by atoms with Crippen LogP contribution < -0.4 is 5.73 Å². The number of hydrogen-bond acceptors (Lipinski definition) is 4. The molecule has 1 saturated carbocycles. The zero-order valence-corrected chi connectivity index (χ0v) is 14.3. The number of aryl methyl sites for hydroxylation is 1. The molecule has 0 radical (unpaired) electrons. The van der Waals surface area contributed by atoms with E-state index in [1.165, 1.54) is 0 Å². The molecule has 1 aliphatic heterocycles. The Morgan fingerprint density at radius 1 is 1.40 bits per heavy atom. The lowest BCUT2D eigenvalue weighted by molar-refractivity contribution is 0.428. The average Bonchev–Trinajstić information content (AvgIpc) is 2.99. The van der Waals surface area contributed by atoms with Crippen molar-refractivity contribution < 1.29 is 8.42 Å². The highest BCUT2D eigenvalue weighted by Crippen LogP contribution is 2.40. The number of halogens is 2. The van der Waals surface area contributed by atoms with Crippen molar-refractivity contribution in [3.8, 4) is 0 Å². The van der Waals surface area contributed by atoms with E-state index in [0.29, 0.717) is 33.5 Å². The first kappa shape index (κ1) is 16.5. The second kappa shape index (κ2) is 5.74. The van der Waals surface area contributed by atoms with Gasteiger partial charge in [0.15, 0.2) is 0 Å². The molecule has 0 aromatic carbocycles. The zero-order valence-electron chi connectivity index (χ0n) is 11.1. The van der Waals surface area contributed by atoms with Gasteiger partial charge in [-0.2, -0.15) is 4.31 Å². The quantitative estimate of drug-likeness (QED) is 0.885. The maximum atomic E-state index is 12.6. The van der Waals surface area contributed by atoms with Gasteiger partial charge >= 0.3 is 0 Å². The van der Waals surface area contributed by atoms with E-state index in [1.54, 1.807) is 10.4 Å². The Labute approximate surface area is 134 Å². The normalized spacial score (nSPS) is 30.2. The minimum Gasteiger partial charge on any atom is -0.327 e. The van der Waals surface area contributed by atoms with Crippen LogP contribution in [-0.4, -0.2) is 31.9 Å². The van der Waals surface area contributed by atoms with Crippen molar-refractivity contribution in [2.24, 2.45) is 17.6 Å². The summed E-state index contributed by atoms with van der Waals surface area (Å²) in [5.41, 5.74) is 6.87. The van der Waals surface area contributed by atoms with Gasteiger partial charge in [0.1, 0.15) is 4.21 Å². The van der Waals surface area contributed by atoms with Crippen molar-refractivity contribution in [2.45, 2.75) is 30.0 Å². The van der Waals surface area contributed by atoms with Gasteiger partial charge in [-0.15, -0.1) is 23.7 Å². The first-order valence-corrected chi connectivity index (χ1v) is 9.04. The van der Waals surface area contributed by atoms with Gasteiger partial charge in [0.25, 0.3) is 10.0 Å². The molecule has 0 amide bonds. The van der Waals surface area contributed by atoms with Crippen molar-refractivity contribution in [3.05, 3.63) is 16.0 Å². The van der Waals surface area contributed by atoms with Crippen molar-refractivity contribution in [2.75, 3.05) is 13.1 Å². The Balaban J connectivity index is 0.00000147. The molecule has 20 heavy (non-hydrogen) atoms. The van der Waals surface area contributed by atoms with E-state index in [0.717, 1.165) is 29.7 Å². The van der Waals surface area contributed by atoms with E-state index in [-0.39, 0.29) is 18.4 Å². The maximum Gasteiger partial charge on any atom is 0.252 e. The van der Waals surface area contributed by atoms with Crippen LogP contribution >= 0.6 is 35.3 Å². The number of nitrogens with two attached hydrogens (primary N) is 1. The third-order valence-electron chi connectivity index (χ3n) is 4.31. The molecule has 1 aromatic rings. The number of sulfonamides is 1. The highest BCUT2D eigenvalue weighted by Gasteiger charge is 2.45. The first-order valence-electron chi connectivity index (χ1n) is 6.41. The van der Waals surface area contributed by atoms with E-state index in [4.69, 9.17) is 17.3 Å². The van der Waals surface area contributed by atoms with Gasteiger partial charge in [0.2, 0.25) is 0 Å². The molecule has 114 valence electrons. The summed E-state index contributed by atoms with van der Waals surface area (Å²) in [6, 6.07) is 1.81. The summed E-state index contributed by atoms with van der Waals surface area (Å²) in [6.07, 6.45) is 2.06. The highest BCUT2D eigenvalue weighted by atomic mass is 35.5. The van der Waals surface area contributed by atoms with Crippen LogP contribution in [0.1, 0.15) is 18.4 Å². The molecule has 1 aliphatic carbocycles. The van der Waals surface area contributed by atoms with Gasteiger partial charge in [-0.3, -0.25) is 0 Å². The smallest absolute Gasteiger partial charge is 0.252 e. The molecule has 3 atom stereocenters. The first-order chi connectivity index (χ1) is 8.89. The molecular weight excluding hydrogens is 339 g/mol. The summed E-state index contributed by atoms with van der Waals surface area (Å²) in [5, 5.41) is 0.